The number of para-hydroxylation sites is 2. The quantitative estimate of drug-likeness (QED) is 0.870. The van der Waals surface area contributed by atoms with Gasteiger partial charge in [0.2, 0.25) is 6.10 Å². The van der Waals surface area contributed by atoms with E-state index in [-0.39, 0.29) is 23.6 Å². The molecule has 5 atom stereocenters. The Morgan fingerprint density at radius 2 is 1.93 bits per heavy atom. The van der Waals surface area contributed by atoms with Gasteiger partial charge in [-0.15, -0.1) is 10.2 Å². The highest BCUT2D eigenvalue weighted by molar-refractivity contribution is 5.82. The first-order valence-electron chi connectivity index (χ1n) is 10.1. The molecule has 1 amide bonds. The maximum absolute atomic E-state index is 13.1. The highest BCUT2D eigenvalue weighted by Gasteiger charge is 2.60. The summed E-state index contributed by atoms with van der Waals surface area (Å²) in [7, 11) is 0. The van der Waals surface area contributed by atoms with Crippen LogP contribution in [0, 0.1) is 11.8 Å². The zero-order valence-corrected chi connectivity index (χ0v) is 15.6. The van der Waals surface area contributed by atoms with E-state index >= 15 is 0 Å². The number of ether oxygens (including phenoxy) is 2. The maximum atomic E-state index is 13.1. The summed E-state index contributed by atoms with van der Waals surface area (Å²) in [6, 6.07) is 7.48. The number of aromatic nitrogens is 4. The number of benzene rings is 1. The summed E-state index contributed by atoms with van der Waals surface area (Å²) in [5.74, 6) is 2.42. The number of carbonyl (C=O) groups is 1. The van der Waals surface area contributed by atoms with E-state index in [2.05, 4.69) is 20.7 Å². The lowest BCUT2D eigenvalue weighted by atomic mass is 9.50. The molecule has 4 bridgehead atoms. The van der Waals surface area contributed by atoms with Gasteiger partial charge in [-0.1, -0.05) is 12.1 Å². The second-order valence-corrected chi connectivity index (χ2v) is 9.04. The van der Waals surface area contributed by atoms with Gasteiger partial charge in [-0.25, -0.2) is 0 Å². The number of nitrogens with one attached hydrogen (secondary N) is 1. The second-order valence-electron chi connectivity index (χ2n) is 9.04. The summed E-state index contributed by atoms with van der Waals surface area (Å²) in [6.45, 7) is 0.238. The summed E-state index contributed by atoms with van der Waals surface area (Å²) >= 11 is 0. The van der Waals surface area contributed by atoms with E-state index in [9.17, 15) is 4.79 Å². The van der Waals surface area contributed by atoms with Gasteiger partial charge in [-0.05, 0) is 67.7 Å². The fourth-order valence-corrected chi connectivity index (χ4v) is 6.47. The first-order valence-corrected chi connectivity index (χ1v) is 10.1. The molecule has 1 aliphatic heterocycles. The van der Waals surface area contributed by atoms with Gasteiger partial charge in [0, 0.05) is 5.54 Å². The molecule has 1 N–H and O–H groups in total. The van der Waals surface area contributed by atoms with Gasteiger partial charge in [-0.3, -0.25) is 4.79 Å². The molecular formula is C20H23N5O3. The van der Waals surface area contributed by atoms with Gasteiger partial charge in [0.25, 0.3) is 5.91 Å². The fraction of sp³-hybridized carbons (Fsp3) is 0.600. The second kappa shape index (κ2) is 5.68. The highest BCUT2D eigenvalue weighted by Crippen LogP contribution is 2.60. The molecule has 1 aromatic carbocycles. The molecule has 146 valence electrons. The SMILES string of the molecule is O=C(NC12C[C@H]3C[C@@H](C1)CC(n1ncnn1)(C3)C2)[C@@H]1COc2ccccc2O1. The monoisotopic (exact) mass is 381 g/mol. The molecule has 8 nitrogen and oxygen atoms in total. The Hall–Kier alpha value is -2.64. The Balaban J connectivity index is 1.24. The van der Waals surface area contributed by atoms with Gasteiger partial charge in [-0.2, -0.15) is 4.80 Å². The summed E-state index contributed by atoms with van der Waals surface area (Å²) in [5.41, 5.74) is -0.334. The van der Waals surface area contributed by atoms with E-state index in [4.69, 9.17) is 9.47 Å². The normalized spacial score (nSPS) is 37.6. The van der Waals surface area contributed by atoms with Gasteiger partial charge < -0.3 is 14.8 Å². The molecule has 28 heavy (non-hydrogen) atoms. The average Bonchev–Trinajstić information content (AvgIpc) is 3.22. The first-order chi connectivity index (χ1) is 13.6. The van der Waals surface area contributed by atoms with Crippen molar-refractivity contribution >= 4 is 5.91 Å². The van der Waals surface area contributed by atoms with Crippen molar-refractivity contribution in [3.63, 3.8) is 0 Å². The Bertz CT molecular complexity index is 900. The summed E-state index contributed by atoms with van der Waals surface area (Å²) in [4.78, 5) is 14.9. The molecule has 4 saturated carbocycles. The van der Waals surface area contributed by atoms with Crippen molar-refractivity contribution in [1.29, 1.82) is 0 Å². The van der Waals surface area contributed by atoms with E-state index < -0.39 is 6.10 Å². The lowest BCUT2D eigenvalue weighted by molar-refractivity contribution is -0.140. The van der Waals surface area contributed by atoms with E-state index in [0.717, 1.165) is 32.1 Å². The van der Waals surface area contributed by atoms with Gasteiger partial charge >= 0.3 is 0 Å². The minimum Gasteiger partial charge on any atom is -0.485 e. The van der Waals surface area contributed by atoms with Gasteiger partial charge in [0.15, 0.2) is 17.8 Å². The Morgan fingerprint density at radius 3 is 2.68 bits per heavy atom. The third-order valence-corrected chi connectivity index (χ3v) is 6.99. The fourth-order valence-electron chi connectivity index (χ4n) is 6.47. The number of carbonyl (C=O) groups excluding carboxylic acids is 1. The van der Waals surface area contributed by atoms with E-state index in [0.29, 0.717) is 23.3 Å². The molecule has 8 heteroatoms. The van der Waals surface area contributed by atoms with Crippen molar-refractivity contribution < 1.29 is 14.3 Å². The summed E-state index contributed by atoms with van der Waals surface area (Å²) in [5, 5.41) is 15.9. The Labute approximate surface area is 162 Å². The van der Waals surface area contributed by atoms with E-state index in [1.165, 1.54) is 12.7 Å². The predicted octanol–water partition coefficient (Wildman–Crippen LogP) is 1.68. The third kappa shape index (κ3) is 2.43. The number of rotatable bonds is 3. The van der Waals surface area contributed by atoms with Gasteiger partial charge in [0.1, 0.15) is 6.61 Å². The topological polar surface area (TPSA) is 91.2 Å². The molecule has 2 unspecified atom stereocenters. The van der Waals surface area contributed by atoms with Crippen LogP contribution in [0.3, 0.4) is 0 Å². The maximum Gasteiger partial charge on any atom is 0.265 e. The summed E-state index contributed by atoms with van der Waals surface area (Å²) in [6.07, 6.45) is 7.19. The molecule has 0 radical (unpaired) electrons. The molecule has 5 aliphatic rings. The van der Waals surface area contributed by atoms with Crippen molar-refractivity contribution in [2.24, 2.45) is 11.8 Å². The predicted molar refractivity (Wildman–Crippen MR) is 97.7 cm³/mol. The smallest absolute Gasteiger partial charge is 0.265 e. The van der Waals surface area contributed by atoms with Crippen molar-refractivity contribution in [1.82, 2.24) is 25.5 Å². The Morgan fingerprint density at radius 1 is 1.14 bits per heavy atom. The van der Waals surface area contributed by atoms with Crippen LogP contribution in [0.2, 0.25) is 0 Å². The number of fused-ring (bicyclic) bond motifs is 1. The van der Waals surface area contributed by atoms with E-state index in [1.54, 1.807) is 0 Å². The van der Waals surface area contributed by atoms with Crippen LogP contribution in [0.1, 0.15) is 38.5 Å². The number of amides is 1. The molecule has 1 aromatic heterocycles. The van der Waals surface area contributed by atoms with Crippen LogP contribution in [0.4, 0.5) is 0 Å². The van der Waals surface area contributed by atoms with Crippen LogP contribution in [-0.2, 0) is 10.3 Å². The van der Waals surface area contributed by atoms with E-state index in [1.807, 2.05) is 29.1 Å². The zero-order valence-electron chi connectivity index (χ0n) is 15.6. The number of tetrazole rings is 1. The molecule has 4 aliphatic carbocycles. The summed E-state index contributed by atoms with van der Waals surface area (Å²) < 4.78 is 11.7. The molecule has 4 fully saturated rings. The standard InChI is InChI=1S/C20H23N5O3/c26-18(17-10-27-15-3-1-2-4-16(15)28-17)23-19-6-13-5-14(7-19)9-20(8-13,11-19)25-22-12-21-24-25/h1-4,12-14,17H,5-11H2,(H,23,26)/t13-,14+,17-,19?,20?/m0/s1. The largest absolute Gasteiger partial charge is 0.485 e. The van der Waals surface area contributed by atoms with Crippen LogP contribution in [0.25, 0.3) is 0 Å². The van der Waals surface area contributed by atoms with Crippen molar-refractivity contribution in [2.75, 3.05) is 6.61 Å². The molecule has 0 saturated heterocycles. The Kier molecular flexibility index (Phi) is 3.31. The molecular weight excluding hydrogens is 358 g/mol. The minimum atomic E-state index is -0.622. The van der Waals surface area contributed by atoms with Gasteiger partial charge in [0.05, 0.1) is 5.54 Å². The minimum absolute atomic E-state index is 0.0850. The lowest BCUT2D eigenvalue weighted by Gasteiger charge is -2.61. The molecule has 7 rings (SSSR count). The van der Waals surface area contributed by atoms with Crippen LogP contribution >= 0.6 is 0 Å². The molecule has 2 heterocycles. The number of hydrogen-bond donors (Lipinski definition) is 1. The molecule has 2 aromatic rings. The first kappa shape index (κ1) is 16.3. The number of nitrogens with zero attached hydrogens (tertiary/aromatic N) is 4. The van der Waals surface area contributed by atoms with Crippen LogP contribution < -0.4 is 14.8 Å². The highest BCUT2D eigenvalue weighted by atomic mass is 16.6. The van der Waals surface area contributed by atoms with Crippen molar-refractivity contribution in [2.45, 2.75) is 55.7 Å². The average molecular weight is 381 g/mol. The number of hydrogen-bond acceptors (Lipinski definition) is 6. The van der Waals surface area contributed by atoms with Crippen molar-refractivity contribution in [3.8, 4) is 11.5 Å². The lowest BCUT2D eigenvalue weighted by Crippen LogP contribution is -2.67. The van der Waals surface area contributed by atoms with Crippen LogP contribution in [0.15, 0.2) is 30.6 Å². The zero-order chi connectivity index (χ0) is 18.8. The van der Waals surface area contributed by atoms with Crippen LogP contribution in [-0.4, -0.2) is 44.4 Å². The molecule has 0 spiro atoms. The third-order valence-electron chi connectivity index (χ3n) is 6.99. The van der Waals surface area contributed by atoms with Crippen molar-refractivity contribution in [3.05, 3.63) is 30.6 Å². The van der Waals surface area contributed by atoms with Crippen LogP contribution in [0.5, 0.6) is 11.5 Å².